The van der Waals surface area contributed by atoms with Crippen LogP contribution in [-0.2, 0) is 6.54 Å². The first-order valence-corrected chi connectivity index (χ1v) is 7.19. The Hall–Kier alpha value is -2.52. The number of amides is 1. The van der Waals surface area contributed by atoms with E-state index in [0.717, 1.165) is 5.56 Å². The summed E-state index contributed by atoms with van der Waals surface area (Å²) in [4.78, 5) is 14.1. The van der Waals surface area contributed by atoms with E-state index in [0.29, 0.717) is 22.0 Å². The van der Waals surface area contributed by atoms with E-state index in [4.69, 9.17) is 5.73 Å². The number of carbonyl (C=O) groups excluding carboxylic acids is 1. The Kier molecular flexibility index (Phi) is 4.45. The van der Waals surface area contributed by atoms with Gasteiger partial charge < -0.3 is 16.0 Å². The number of nitrogens with two attached hydrogens (primary N) is 1. The van der Waals surface area contributed by atoms with Gasteiger partial charge in [0.25, 0.3) is 5.91 Å². The van der Waals surface area contributed by atoms with Crippen molar-refractivity contribution in [1.29, 1.82) is 5.26 Å². The van der Waals surface area contributed by atoms with Crippen molar-refractivity contribution in [1.82, 2.24) is 5.32 Å². The van der Waals surface area contributed by atoms with Crippen molar-refractivity contribution < 1.29 is 4.79 Å². The van der Waals surface area contributed by atoms with E-state index in [1.54, 1.807) is 7.05 Å². The van der Waals surface area contributed by atoms with Crippen LogP contribution in [0.4, 0.5) is 10.7 Å². The van der Waals surface area contributed by atoms with Gasteiger partial charge in [0.2, 0.25) is 0 Å². The van der Waals surface area contributed by atoms with Crippen molar-refractivity contribution >= 4 is 27.9 Å². The minimum atomic E-state index is -0.270. The molecule has 0 saturated carbocycles. The van der Waals surface area contributed by atoms with E-state index < -0.39 is 0 Å². The molecule has 0 unspecified atom stereocenters. The zero-order valence-electron chi connectivity index (χ0n) is 11.9. The van der Waals surface area contributed by atoms with Gasteiger partial charge in [-0.3, -0.25) is 4.79 Å². The smallest absolute Gasteiger partial charge is 0.263 e. The van der Waals surface area contributed by atoms with Gasteiger partial charge in [-0.2, -0.15) is 5.26 Å². The van der Waals surface area contributed by atoms with E-state index >= 15 is 0 Å². The molecule has 1 aromatic carbocycles. The molecule has 1 heterocycles. The maximum Gasteiger partial charge on any atom is 0.263 e. The fourth-order valence-corrected chi connectivity index (χ4v) is 3.10. The third-order valence-electron chi connectivity index (χ3n) is 3.08. The van der Waals surface area contributed by atoms with Crippen LogP contribution in [0.3, 0.4) is 0 Å². The lowest BCUT2D eigenvalue weighted by Crippen LogP contribution is -2.17. The minimum Gasteiger partial charge on any atom is -0.396 e. The molecule has 108 valence electrons. The van der Waals surface area contributed by atoms with E-state index in [9.17, 15) is 10.1 Å². The highest BCUT2D eigenvalue weighted by Gasteiger charge is 2.22. The summed E-state index contributed by atoms with van der Waals surface area (Å²) in [5, 5.41) is 12.5. The minimum absolute atomic E-state index is 0.247. The quantitative estimate of drug-likeness (QED) is 0.907. The number of carbonyl (C=O) groups is 1. The number of nitrogens with one attached hydrogen (secondary N) is 1. The first-order chi connectivity index (χ1) is 10.1. The van der Waals surface area contributed by atoms with Gasteiger partial charge in [0, 0.05) is 20.6 Å². The molecule has 0 fully saturated rings. The number of hydrogen-bond acceptors (Lipinski definition) is 5. The second-order valence-corrected chi connectivity index (χ2v) is 5.56. The van der Waals surface area contributed by atoms with Gasteiger partial charge in [-0.1, -0.05) is 30.3 Å². The molecule has 0 bridgehead atoms. The Morgan fingerprint density at radius 2 is 2.10 bits per heavy atom. The van der Waals surface area contributed by atoms with Crippen LogP contribution >= 0.6 is 11.3 Å². The Balaban J connectivity index is 2.35. The topological polar surface area (TPSA) is 82.2 Å². The molecule has 0 aliphatic rings. The van der Waals surface area contributed by atoms with Crippen LogP contribution in [0, 0.1) is 11.3 Å². The van der Waals surface area contributed by atoms with Crippen molar-refractivity contribution in [3.8, 4) is 6.07 Å². The normalized spacial score (nSPS) is 9.95. The molecule has 1 aromatic heterocycles. The third kappa shape index (κ3) is 2.98. The number of nitrogens with zero attached hydrogens (tertiary/aromatic N) is 2. The standard InChI is InChI=1S/C15H16N4OS/c1-18-14(20)13-12(17)11(8-16)15(21-13)19(2)9-10-6-4-3-5-7-10/h3-7H,9,17H2,1-2H3,(H,18,20). The highest BCUT2D eigenvalue weighted by molar-refractivity contribution is 7.19. The fraction of sp³-hybridized carbons (Fsp3) is 0.200. The van der Waals surface area contributed by atoms with Gasteiger partial charge >= 0.3 is 0 Å². The molecule has 0 aliphatic carbocycles. The maximum absolute atomic E-state index is 11.8. The van der Waals surface area contributed by atoms with E-state index in [-0.39, 0.29) is 11.6 Å². The SMILES string of the molecule is CNC(=O)c1sc(N(C)Cc2ccccc2)c(C#N)c1N. The number of rotatable bonds is 4. The Morgan fingerprint density at radius 3 is 2.67 bits per heavy atom. The molecular weight excluding hydrogens is 284 g/mol. The summed E-state index contributed by atoms with van der Waals surface area (Å²) >= 11 is 1.24. The zero-order chi connectivity index (χ0) is 15.4. The van der Waals surface area contributed by atoms with Crippen LogP contribution in [0.1, 0.15) is 20.8 Å². The number of hydrogen-bond donors (Lipinski definition) is 2. The van der Waals surface area contributed by atoms with Crippen LogP contribution in [0.25, 0.3) is 0 Å². The average molecular weight is 300 g/mol. The molecule has 0 saturated heterocycles. The molecule has 2 rings (SSSR count). The highest BCUT2D eigenvalue weighted by atomic mass is 32.1. The average Bonchev–Trinajstić information content (AvgIpc) is 2.84. The molecule has 5 nitrogen and oxygen atoms in total. The summed E-state index contributed by atoms with van der Waals surface area (Å²) in [6, 6.07) is 12.0. The zero-order valence-corrected chi connectivity index (χ0v) is 12.7. The molecule has 1 amide bonds. The molecular formula is C15H16N4OS. The molecule has 0 radical (unpaired) electrons. The van der Waals surface area contributed by atoms with Crippen LogP contribution in [-0.4, -0.2) is 20.0 Å². The summed E-state index contributed by atoms with van der Waals surface area (Å²) in [7, 11) is 3.42. The Labute approximate surface area is 127 Å². The van der Waals surface area contributed by atoms with Crippen molar-refractivity contribution in [2.45, 2.75) is 6.54 Å². The van der Waals surface area contributed by atoms with E-state index in [1.807, 2.05) is 42.3 Å². The molecule has 3 N–H and O–H groups in total. The van der Waals surface area contributed by atoms with Crippen LogP contribution in [0.15, 0.2) is 30.3 Å². The van der Waals surface area contributed by atoms with Crippen molar-refractivity contribution in [3.63, 3.8) is 0 Å². The monoisotopic (exact) mass is 300 g/mol. The van der Waals surface area contributed by atoms with Crippen molar-refractivity contribution in [2.24, 2.45) is 0 Å². The number of thiophene rings is 1. The number of anilines is 2. The summed E-state index contributed by atoms with van der Waals surface area (Å²) in [6.45, 7) is 0.642. The lowest BCUT2D eigenvalue weighted by Gasteiger charge is -2.17. The molecule has 0 aliphatic heterocycles. The van der Waals surface area contributed by atoms with Gasteiger partial charge in [-0.25, -0.2) is 0 Å². The Morgan fingerprint density at radius 1 is 1.43 bits per heavy atom. The second kappa shape index (κ2) is 6.29. The summed E-state index contributed by atoms with van der Waals surface area (Å²) < 4.78 is 0. The first-order valence-electron chi connectivity index (χ1n) is 6.38. The van der Waals surface area contributed by atoms with Gasteiger partial charge in [-0.05, 0) is 5.56 Å². The molecule has 21 heavy (non-hydrogen) atoms. The largest absolute Gasteiger partial charge is 0.396 e. The predicted octanol–water partition coefficient (Wildman–Crippen LogP) is 2.20. The van der Waals surface area contributed by atoms with Gasteiger partial charge in [-0.15, -0.1) is 11.3 Å². The molecule has 6 heteroatoms. The predicted molar refractivity (Wildman–Crippen MR) is 85.4 cm³/mol. The summed E-state index contributed by atoms with van der Waals surface area (Å²) in [5.41, 5.74) is 7.65. The van der Waals surface area contributed by atoms with Crippen LogP contribution < -0.4 is 16.0 Å². The van der Waals surface area contributed by atoms with E-state index in [2.05, 4.69) is 11.4 Å². The molecule has 0 spiro atoms. The second-order valence-electron chi connectivity index (χ2n) is 4.56. The maximum atomic E-state index is 11.8. The number of nitriles is 1. The Bertz CT molecular complexity index is 688. The van der Waals surface area contributed by atoms with E-state index in [1.165, 1.54) is 11.3 Å². The van der Waals surface area contributed by atoms with Crippen LogP contribution in [0.2, 0.25) is 0 Å². The van der Waals surface area contributed by atoms with Gasteiger partial charge in [0.15, 0.2) is 0 Å². The fourth-order valence-electron chi connectivity index (χ4n) is 2.02. The lowest BCUT2D eigenvalue weighted by atomic mass is 10.2. The summed E-state index contributed by atoms with van der Waals surface area (Å²) in [5.74, 6) is -0.270. The van der Waals surface area contributed by atoms with Crippen molar-refractivity contribution in [2.75, 3.05) is 24.7 Å². The van der Waals surface area contributed by atoms with Gasteiger partial charge in [0.05, 0.1) is 5.69 Å². The molecule has 2 aromatic rings. The molecule has 0 atom stereocenters. The van der Waals surface area contributed by atoms with Crippen molar-refractivity contribution in [3.05, 3.63) is 46.3 Å². The highest BCUT2D eigenvalue weighted by Crippen LogP contribution is 2.37. The summed E-state index contributed by atoms with van der Waals surface area (Å²) in [6.07, 6.45) is 0. The number of benzene rings is 1. The number of nitrogen functional groups attached to an aromatic ring is 1. The van der Waals surface area contributed by atoms with Crippen LogP contribution in [0.5, 0.6) is 0 Å². The lowest BCUT2D eigenvalue weighted by molar-refractivity contribution is 0.0968. The van der Waals surface area contributed by atoms with Gasteiger partial charge in [0.1, 0.15) is 21.5 Å². The third-order valence-corrected chi connectivity index (χ3v) is 4.40. The first kappa shape index (κ1) is 14.9.